The van der Waals surface area contributed by atoms with Crippen LogP contribution in [0.15, 0.2) is 40.0 Å². The maximum Gasteiger partial charge on any atom is 0.252 e. The number of benzene rings is 1. The second-order valence-corrected chi connectivity index (χ2v) is 8.56. The van der Waals surface area contributed by atoms with Crippen LogP contribution < -0.4 is 5.32 Å². The Morgan fingerprint density at radius 1 is 1.31 bits per heavy atom. The lowest BCUT2D eigenvalue weighted by Crippen LogP contribution is -2.31. The molecule has 142 valence electrons. The quantitative estimate of drug-likeness (QED) is 0.679. The summed E-state index contributed by atoms with van der Waals surface area (Å²) in [5.41, 5.74) is 1.34. The molecule has 0 bridgehead atoms. The van der Waals surface area contributed by atoms with Gasteiger partial charge < -0.3 is 5.32 Å². The lowest BCUT2D eigenvalue weighted by molar-refractivity contribution is 0.0951. The van der Waals surface area contributed by atoms with Crippen molar-refractivity contribution in [2.45, 2.75) is 32.2 Å². The third-order valence-electron chi connectivity index (χ3n) is 3.91. The largest absolute Gasteiger partial charge is 0.350 e. The molecule has 0 atom stereocenters. The summed E-state index contributed by atoms with van der Waals surface area (Å²) >= 11 is 3.32. The Bertz CT molecular complexity index is 876. The van der Waals surface area contributed by atoms with Crippen LogP contribution in [-0.4, -0.2) is 48.0 Å². The number of hydrogen-bond donors (Lipinski definition) is 1. The molecule has 9 heteroatoms. The Morgan fingerprint density at radius 3 is 2.58 bits per heavy atom. The van der Waals surface area contributed by atoms with Crippen molar-refractivity contribution in [2.24, 2.45) is 0 Å². The van der Waals surface area contributed by atoms with Gasteiger partial charge in [-0.25, -0.2) is 8.42 Å². The second-order valence-electron chi connectivity index (χ2n) is 5.77. The molecule has 0 spiro atoms. The van der Waals surface area contributed by atoms with E-state index >= 15 is 0 Å². The van der Waals surface area contributed by atoms with Gasteiger partial charge in [-0.15, -0.1) is 0 Å². The van der Waals surface area contributed by atoms with Gasteiger partial charge in [-0.2, -0.15) is 9.40 Å². The fraction of sp³-hybridized carbons (Fsp3) is 0.412. The first-order valence-electron chi connectivity index (χ1n) is 8.36. The van der Waals surface area contributed by atoms with Crippen molar-refractivity contribution in [3.63, 3.8) is 0 Å². The molecule has 0 radical (unpaired) electrons. The fourth-order valence-corrected chi connectivity index (χ4v) is 4.43. The maximum atomic E-state index is 12.6. The highest BCUT2D eigenvalue weighted by Crippen LogP contribution is 2.23. The third kappa shape index (κ3) is 4.72. The predicted molar refractivity (Wildman–Crippen MR) is 104 cm³/mol. The smallest absolute Gasteiger partial charge is 0.252 e. The number of hydrogen-bond acceptors (Lipinski definition) is 4. The van der Waals surface area contributed by atoms with Gasteiger partial charge in [0.1, 0.15) is 0 Å². The molecule has 26 heavy (non-hydrogen) atoms. The Balaban J connectivity index is 2.14. The highest BCUT2D eigenvalue weighted by atomic mass is 79.9. The van der Waals surface area contributed by atoms with Crippen LogP contribution in [0, 0.1) is 6.92 Å². The van der Waals surface area contributed by atoms with Crippen molar-refractivity contribution in [2.75, 3.05) is 19.6 Å². The number of rotatable bonds is 8. The van der Waals surface area contributed by atoms with Crippen LogP contribution in [0.5, 0.6) is 0 Å². The Labute approximate surface area is 162 Å². The molecule has 0 fully saturated rings. The Hall–Kier alpha value is -1.71. The van der Waals surface area contributed by atoms with Crippen LogP contribution in [0.4, 0.5) is 0 Å². The highest BCUT2D eigenvalue weighted by Gasteiger charge is 2.23. The average molecular weight is 443 g/mol. The van der Waals surface area contributed by atoms with Crippen LogP contribution in [0.2, 0.25) is 0 Å². The van der Waals surface area contributed by atoms with E-state index in [1.54, 1.807) is 30.8 Å². The number of aromatic nitrogens is 2. The van der Waals surface area contributed by atoms with E-state index in [9.17, 15) is 13.2 Å². The molecule has 0 aliphatic carbocycles. The molecule has 0 unspecified atom stereocenters. The zero-order valence-electron chi connectivity index (χ0n) is 15.1. The molecule has 0 saturated carbocycles. The van der Waals surface area contributed by atoms with Crippen molar-refractivity contribution in [3.8, 4) is 0 Å². The van der Waals surface area contributed by atoms with Crippen LogP contribution in [-0.2, 0) is 16.6 Å². The zero-order valence-corrected chi connectivity index (χ0v) is 17.5. The van der Waals surface area contributed by atoms with Gasteiger partial charge in [0.2, 0.25) is 10.0 Å². The van der Waals surface area contributed by atoms with Gasteiger partial charge in [0.25, 0.3) is 5.91 Å². The Morgan fingerprint density at radius 2 is 2.00 bits per heavy atom. The molecule has 2 aromatic rings. The van der Waals surface area contributed by atoms with Crippen LogP contribution >= 0.6 is 15.9 Å². The number of sulfonamides is 1. The van der Waals surface area contributed by atoms with Crippen molar-refractivity contribution < 1.29 is 13.2 Å². The summed E-state index contributed by atoms with van der Waals surface area (Å²) in [4.78, 5) is 12.6. The minimum absolute atomic E-state index is 0.109. The monoisotopic (exact) mass is 442 g/mol. The number of carbonyl (C=O) groups excluding carboxylic acids is 1. The average Bonchev–Trinajstić information content (AvgIpc) is 3.01. The first kappa shape index (κ1) is 20.6. The molecule has 1 N–H and O–H groups in total. The number of carbonyl (C=O) groups is 1. The molecular weight excluding hydrogens is 420 g/mol. The molecule has 2 rings (SSSR count). The summed E-state index contributed by atoms with van der Waals surface area (Å²) in [7, 11) is -3.62. The standard InChI is InChI=1S/C17H23BrN4O3S/c1-4-22(5-2)26(24,25)14-6-7-16(18)15(10-14)17(23)19-8-9-21-12-13(3)11-20-21/h6-7,10-12H,4-5,8-9H2,1-3H3,(H,19,23). The predicted octanol–water partition coefficient (Wildman–Crippen LogP) is 2.41. The summed E-state index contributed by atoms with van der Waals surface area (Å²) in [5, 5.41) is 6.95. The number of halogens is 1. The van der Waals surface area contributed by atoms with Gasteiger partial charge in [0.15, 0.2) is 0 Å². The summed E-state index contributed by atoms with van der Waals surface area (Å²) in [6, 6.07) is 4.49. The second kappa shape index (κ2) is 8.79. The van der Waals surface area contributed by atoms with Gasteiger partial charge in [-0.3, -0.25) is 9.48 Å². The molecule has 1 heterocycles. The van der Waals surface area contributed by atoms with Crippen LogP contribution in [0.25, 0.3) is 0 Å². The molecule has 0 aliphatic heterocycles. The molecule has 1 amide bonds. The van der Waals surface area contributed by atoms with E-state index in [0.717, 1.165) is 5.56 Å². The molecule has 1 aromatic carbocycles. The van der Waals surface area contributed by atoms with E-state index in [4.69, 9.17) is 0 Å². The molecule has 1 aromatic heterocycles. The van der Waals surface area contributed by atoms with E-state index in [0.29, 0.717) is 30.7 Å². The number of aryl methyl sites for hydroxylation is 1. The topological polar surface area (TPSA) is 84.3 Å². The van der Waals surface area contributed by atoms with Gasteiger partial charge >= 0.3 is 0 Å². The lowest BCUT2D eigenvalue weighted by Gasteiger charge is -2.19. The summed E-state index contributed by atoms with van der Waals surface area (Å²) in [6.07, 6.45) is 3.64. The Kier molecular flexibility index (Phi) is 6.96. The van der Waals surface area contributed by atoms with Crippen molar-refractivity contribution in [1.29, 1.82) is 0 Å². The first-order chi connectivity index (χ1) is 12.3. The van der Waals surface area contributed by atoms with Crippen LogP contribution in [0.3, 0.4) is 0 Å². The van der Waals surface area contributed by atoms with Crippen molar-refractivity contribution >= 4 is 31.9 Å². The van der Waals surface area contributed by atoms with E-state index in [2.05, 4.69) is 26.3 Å². The van der Waals surface area contributed by atoms with Gasteiger partial charge in [-0.05, 0) is 46.6 Å². The molecule has 0 saturated heterocycles. The van der Waals surface area contributed by atoms with Crippen LogP contribution in [0.1, 0.15) is 29.8 Å². The number of amides is 1. The minimum Gasteiger partial charge on any atom is -0.350 e. The third-order valence-corrected chi connectivity index (χ3v) is 6.65. The van der Waals surface area contributed by atoms with E-state index in [1.807, 2.05) is 13.1 Å². The fourth-order valence-electron chi connectivity index (χ4n) is 2.52. The SMILES string of the molecule is CCN(CC)S(=O)(=O)c1ccc(Br)c(C(=O)NCCn2cc(C)cn2)c1. The summed E-state index contributed by atoms with van der Waals surface area (Å²) in [5.74, 6) is -0.336. The van der Waals surface area contributed by atoms with Crippen molar-refractivity contribution in [3.05, 3.63) is 46.2 Å². The summed E-state index contributed by atoms with van der Waals surface area (Å²) in [6.45, 7) is 7.18. The van der Waals surface area contributed by atoms with Gasteiger partial charge in [0, 0.05) is 30.3 Å². The summed E-state index contributed by atoms with van der Waals surface area (Å²) < 4.78 is 28.9. The van der Waals surface area contributed by atoms with Gasteiger partial charge in [-0.1, -0.05) is 13.8 Å². The normalized spacial score (nSPS) is 11.7. The highest BCUT2D eigenvalue weighted by molar-refractivity contribution is 9.10. The first-order valence-corrected chi connectivity index (χ1v) is 10.6. The van der Waals surface area contributed by atoms with E-state index in [-0.39, 0.29) is 16.4 Å². The van der Waals surface area contributed by atoms with E-state index in [1.165, 1.54) is 16.4 Å². The number of nitrogens with one attached hydrogen (secondary N) is 1. The van der Waals surface area contributed by atoms with Gasteiger partial charge in [0.05, 0.1) is 23.2 Å². The molecule has 0 aliphatic rings. The number of nitrogens with zero attached hydrogens (tertiary/aromatic N) is 3. The van der Waals surface area contributed by atoms with Crippen molar-refractivity contribution in [1.82, 2.24) is 19.4 Å². The molecular formula is C17H23BrN4O3S. The molecule has 7 nitrogen and oxygen atoms in total. The lowest BCUT2D eigenvalue weighted by atomic mass is 10.2. The maximum absolute atomic E-state index is 12.6. The zero-order chi connectivity index (χ0) is 19.3. The van der Waals surface area contributed by atoms with E-state index < -0.39 is 10.0 Å². The minimum atomic E-state index is -3.62.